The van der Waals surface area contributed by atoms with E-state index in [1.807, 2.05) is 6.92 Å². The molecule has 7 heteroatoms. The minimum absolute atomic E-state index is 0.249. The SMILES string of the molecule is Cc1nc2c(c(NCc3cn[nH]c3-c3ccc(F)cc3)n1)CCNCC2. The lowest BCUT2D eigenvalue weighted by atomic mass is 10.1. The fraction of sp³-hybridized carbons (Fsp3) is 0.316. The maximum atomic E-state index is 13.2. The van der Waals surface area contributed by atoms with Gasteiger partial charge in [0.15, 0.2) is 0 Å². The van der Waals surface area contributed by atoms with E-state index in [0.29, 0.717) is 6.54 Å². The average molecular weight is 352 g/mol. The number of hydrogen-bond donors (Lipinski definition) is 3. The molecular formula is C19H21FN6. The van der Waals surface area contributed by atoms with Gasteiger partial charge in [-0.25, -0.2) is 14.4 Å². The number of aromatic nitrogens is 4. The first kappa shape index (κ1) is 16.7. The maximum Gasteiger partial charge on any atom is 0.133 e. The number of halogens is 1. The van der Waals surface area contributed by atoms with Gasteiger partial charge in [-0.15, -0.1) is 0 Å². The lowest BCUT2D eigenvalue weighted by Crippen LogP contribution is -2.16. The summed E-state index contributed by atoms with van der Waals surface area (Å²) in [4.78, 5) is 9.22. The van der Waals surface area contributed by atoms with Crippen LogP contribution in [0.2, 0.25) is 0 Å². The highest BCUT2D eigenvalue weighted by molar-refractivity contribution is 5.63. The highest BCUT2D eigenvalue weighted by atomic mass is 19.1. The molecular weight excluding hydrogens is 331 g/mol. The van der Waals surface area contributed by atoms with Crippen LogP contribution in [0.3, 0.4) is 0 Å². The number of aryl methyl sites for hydroxylation is 1. The molecule has 0 spiro atoms. The zero-order chi connectivity index (χ0) is 17.9. The zero-order valence-electron chi connectivity index (χ0n) is 14.6. The summed E-state index contributed by atoms with van der Waals surface area (Å²) in [5, 5.41) is 14.0. The molecule has 0 fully saturated rings. The lowest BCUT2D eigenvalue weighted by Gasteiger charge is -2.14. The van der Waals surface area contributed by atoms with Gasteiger partial charge < -0.3 is 10.6 Å². The van der Waals surface area contributed by atoms with E-state index in [4.69, 9.17) is 0 Å². The van der Waals surface area contributed by atoms with Crippen molar-refractivity contribution >= 4 is 5.82 Å². The van der Waals surface area contributed by atoms with Crippen LogP contribution in [0.25, 0.3) is 11.3 Å². The summed E-state index contributed by atoms with van der Waals surface area (Å²) < 4.78 is 13.2. The van der Waals surface area contributed by atoms with Crippen LogP contribution in [0.5, 0.6) is 0 Å². The fourth-order valence-corrected chi connectivity index (χ4v) is 3.31. The summed E-state index contributed by atoms with van der Waals surface area (Å²) in [7, 11) is 0. The molecule has 134 valence electrons. The van der Waals surface area contributed by atoms with Crippen molar-refractivity contribution in [2.24, 2.45) is 0 Å². The lowest BCUT2D eigenvalue weighted by molar-refractivity contribution is 0.628. The van der Waals surface area contributed by atoms with Crippen LogP contribution in [0.15, 0.2) is 30.5 Å². The zero-order valence-corrected chi connectivity index (χ0v) is 14.6. The average Bonchev–Trinajstić information content (AvgIpc) is 2.97. The molecule has 0 unspecified atom stereocenters. The van der Waals surface area contributed by atoms with E-state index in [-0.39, 0.29) is 5.82 Å². The summed E-state index contributed by atoms with van der Waals surface area (Å²) in [6, 6.07) is 6.40. The number of fused-ring (bicyclic) bond motifs is 1. The minimum atomic E-state index is -0.249. The van der Waals surface area contributed by atoms with Crippen molar-refractivity contribution < 1.29 is 4.39 Å². The van der Waals surface area contributed by atoms with Crippen LogP contribution in [0, 0.1) is 12.7 Å². The van der Waals surface area contributed by atoms with E-state index in [0.717, 1.165) is 60.1 Å². The van der Waals surface area contributed by atoms with Gasteiger partial charge in [0, 0.05) is 36.2 Å². The van der Waals surface area contributed by atoms with Crippen LogP contribution in [-0.4, -0.2) is 33.3 Å². The first-order valence-corrected chi connectivity index (χ1v) is 8.80. The second kappa shape index (κ2) is 7.21. The highest BCUT2D eigenvalue weighted by Gasteiger charge is 2.16. The van der Waals surface area contributed by atoms with Crippen molar-refractivity contribution in [1.82, 2.24) is 25.5 Å². The summed E-state index contributed by atoms with van der Waals surface area (Å²) in [5.74, 6) is 1.42. The van der Waals surface area contributed by atoms with Gasteiger partial charge in [-0.05, 0) is 44.2 Å². The van der Waals surface area contributed by atoms with Crippen molar-refractivity contribution in [2.45, 2.75) is 26.3 Å². The fourth-order valence-electron chi connectivity index (χ4n) is 3.31. The predicted molar refractivity (Wildman–Crippen MR) is 98.4 cm³/mol. The van der Waals surface area contributed by atoms with E-state index < -0.39 is 0 Å². The van der Waals surface area contributed by atoms with Crippen LogP contribution in [-0.2, 0) is 19.4 Å². The third kappa shape index (κ3) is 3.43. The molecule has 3 N–H and O–H groups in total. The quantitative estimate of drug-likeness (QED) is 0.673. The first-order valence-electron chi connectivity index (χ1n) is 8.80. The van der Waals surface area contributed by atoms with Crippen LogP contribution >= 0.6 is 0 Å². The van der Waals surface area contributed by atoms with E-state index in [2.05, 4.69) is 30.8 Å². The Labute approximate surface area is 151 Å². The first-order chi connectivity index (χ1) is 12.7. The third-order valence-electron chi connectivity index (χ3n) is 4.59. The van der Waals surface area contributed by atoms with Crippen LogP contribution in [0.4, 0.5) is 10.2 Å². The van der Waals surface area contributed by atoms with Gasteiger partial charge in [-0.2, -0.15) is 5.10 Å². The van der Waals surface area contributed by atoms with Gasteiger partial charge in [0.25, 0.3) is 0 Å². The Hall–Kier alpha value is -2.80. The molecule has 0 atom stereocenters. The van der Waals surface area contributed by atoms with Crippen molar-refractivity contribution in [1.29, 1.82) is 0 Å². The number of anilines is 1. The number of aromatic amines is 1. The monoisotopic (exact) mass is 352 g/mol. The molecule has 26 heavy (non-hydrogen) atoms. The summed E-state index contributed by atoms with van der Waals surface area (Å²) in [5.41, 5.74) is 5.11. The Kier molecular flexibility index (Phi) is 4.62. The molecule has 0 saturated heterocycles. The molecule has 4 rings (SSSR count). The molecule has 3 heterocycles. The molecule has 2 aromatic heterocycles. The molecule has 3 aromatic rings. The maximum absolute atomic E-state index is 13.2. The Morgan fingerprint density at radius 1 is 1.12 bits per heavy atom. The topological polar surface area (TPSA) is 78.5 Å². The summed E-state index contributed by atoms with van der Waals surface area (Å²) in [6.07, 6.45) is 3.62. The van der Waals surface area contributed by atoms with Gasteiger partial charge >= 0.3 is 0 Å². The van der Waals surface area contributed by atoms with E-state index in [1.165, 1.54) is 17.7 Å². The minimum Gasteiger partial charge on any atom is -0.366 e. The van der Waals surface area contributed by atoms with Gasteiger partial charge in [-0.3, -0.25) is 5.10 Å². The van der Waals surface area contributed by atoms with Crippen molar-refractivity contribution in [3.05, 3.63) is 58.9 Å². The van der Waals surface area contributed by atoms with Crippen LogP contribution < -0.4 is 10.6 Å². The highest BCUT2D eigenvalue weighted by Crippen LogP contribution is 2.24. The molecule has 0 aliphatic carbocycles. The Morgan fingerprint density at radius 3 is 2.77 bits per heavy atom. The van der Waals surface area contributed by atoms with E-state index >= 15 is 0 Å². The molecule has 0 radical (unpaired) electrons. The predicted octanol–water partition coefficient (Wildman–Crippen LogP) is 2.61. The molecule has 0 saturated carbocycles. The van der Waals surface area contributed by atoms with Crippen molar-refractivity contribution in [2.75, 3.05) is 18.4 Å². The van der Waals surface area contributed by atoms with Crippen molar-refractivity contribution in [3.8, 4) is 11.3 Å². The molecule has 1 aliphatic heterocycles. The number of nitrogens with zero attached hydrogens (tertiary/aromatic N) is 3. The third-order valence-corrected chi connectivity index (χ3v) is 4.59. The molecule has 6 nitrogen and oxygen atoms in total. The Balaban J connectivity index is 1.58. The van der Waals surface area contributed by atoms with Crippen molar-refractivity contribution in [3.63, 3.8) is 0 Å². The molecule has 1 aliphatic rings. The number of nitrogens with one attached hydrogen (secondary N) is 3. The summed E-state index contributed by atoms with van der Waals surface area (Å²) >= 11 is 0. The second-order valence-corrected chi connectivity index (χ2v) is 6.43. The largest absolute Gasteiger partial charge is 0.366 e. The Morgan fingerprint density at radius 2 is 1.92 bits per heavy atom. The molecule has 0 bridgehead atoms. The normalized spacial score (nSPS) is 13.9. The van der Waals surface area contributed by atoms with Gasteiger partial charge in [-0.1, -0.05) is 0 Å². The standard InChI is InChI=1S/C19H21FN6/c1-12-24-17-7-9-21-8-6-16(17)19(25-12)22-10-14-11-23-26-18(14)13-2-4-15(20)5-3-13/h2-5,11,21H,6-10H2,1H3,(H,23,26)(H,22,24,25). The Bertz CT molecular complexity index is 903. The van der Waals surface area contributed by atoms with E-state index in [1.54, 1.807) is 18.3 Å². The van der Waals surface area contributed by atoms with E-state index in [9.17, 15) is 4.39 Å². The van der Waals surface area contributed by atoms with Gasteiger partial charge in [0.1, 0.15) is 17.5 Å². The molecule has 1 aromatic carbocycles. The molecule has 0 amide bonds. The van der Waals surface area contributed by atoms with Gasteiger partial charge in [0.2, 0.25) is 0 Å². The summed E-state index contributed by atoms with van der Waals surface area (Å²) in [6.45, 7) is 4.38. The number of rotatable bonds is 4. The van der Waals surface area contributed by atoms with Crippen LogP contribution in [0.1, 0.15) is 22.6 Å². The van der Waals surface area contributed by atoms with Gasteiger partial charge in [0.05, 0.1) is 17.6 Å². The second-order valence-electron chi connectivity index (χ2n) is 6.43. The number of benzene rings is 1. The number of hydrogen-bond acceptors (Lipinski definition) is 5. The number of H-pyrrole nitrogens is 1. The smallest absolute Gasteiger partial charge is 0.133 e.